The van der Waals surface area contributed by atoms with Crippen LogP contribution in [0.3, 0.4) is 0 Å². The zero-order valence-corrected chi connectivity index (χ0v) is 11.8. The van der Waals surface area contributed by atoms with Crippen LogP contribution in [0.1, 0.15) is 33.1 Å². The van der Waals surface area contributed by atoms with Gasteiger partial charge < -0.3 is 21.3 Å². The number of aliphatic carboxylic acids is 2. The monoisotopic (exact) mass is 292 g/mol. The summed E-state index contributed by atoms with van der Waals surface area (Å²) < 4.78 is -0.548. The predicted molar refractivity (Wildman–Crippen MR) is 72.1 cm³/mol. The van der Waals surface area contributed by atoms with Crippen molar-refractivity contribution < 1.29 is 24.6 Å². The lowest BCUT2D eigenvalue weighted by Crippen LogP contribution is -2.44. The molecule has 5 N–H and O–H groups in total. The molecule has 0 aromatic heterocycles. The maximum Gasteiger partial charge on any atom is 0.326 e. The third kappa shape index (κ3) is 8.44. The Morgan fingerprint density at radius 1 is 1.26 bits per heavy atom. The Kier molecular flexibility index (Phi) is 6.85. The summed E-state index contributed by atoms with van der Waals surface area (Å²) in [6.07, 6.45) is -0.0236. The number of amides is 1. The van der Waals surface area contributed by atoms with E-state index >= 15 is 0 Å². The second-order valence-electron chi connectivity index (χ2n) is 4.96. The molecule has 0 saturated carbocycles. The minimum absolute atomic E-state index is 0.0439. The van der Waals surface area contributed by atoms with E-state index in [0.29, 0.717) is 0 Å². The second-order valence-corrected chi connectivity index (χ2v) is 6.17. The number of hydrogen-bond acceptors (Lipinski definition) is 5. The number of rotatable bonds is 8. The Bertz CT molecular complexity index is 353. The van der Waals surface area contributed by atoms with Crippen LogP contribution in [0.4, 0.5) is 0 Å². The van der Waals surface area contributed by atoms with Crippen LogP contribution in [0.2, 0.25) is 0 Å². The van der Waals surface area contributed by atoms with Gasteiger partial charge in [0.05, 0.1) is 0 Å². The molecule has 1 amide bonds. The van der Waals surface area contributed by atoms with Crippen molar-refractivity contribution in [2.75, 3.05) is 0 Å². The van der Waals surface area contributed by atoms with Gasteiger partial charge in [0.25, 0.3) is 0 Å². The molecule has 110 valence electrons. The summed E-state index contributed by atoms with van der Waals surface area (Å²) >= 11 is 4.21. The lowest BCUT2D eigenvalue weighted by Gasteiger charge is -2.23. The third-order valence-corrected chi connectivity index (χ3v) is 2.52. The van der Waals surface area contributed by atoms with Gasteiger partial charge in [0.1, 0.15) is 12.1 Å². The van der Waals surface area contributed by atoms with Gasteiger partial charge in [0, 0.05) is 11.2 Å². The number of thiol groups is 1. The van der Waals surface area contributed by atoms with Crippen molar-refractivity contribution in [2.24, 2.45) is 5.73 Å². The van der Waals surface area contributed by atoms with Crippen molar-refractivity contribution in [1.82, 2.24) is 5.32 Å². The molecule has 0 fully saturated rings. The Morgan fingerprint density at radius 3 is 2.16 bits per heavy atom. The first kappa shape index (κ1) is 17.7. The summed E-state index contributed by atoms with van der Waals surface area (Å²) in [5.41, 5.74) is 5.25. The number of nitrogens with two attached hydrogens (primary N) is 1. The molecular formula is C11H20N2O5S. The highest BCUT2D eigenvalue weighted by atomic mass is 32.1. The first-order chi connectivity index (χ1) is 8.53. The van der Waals surface area contributed by atoms with E-state index in [1.165, 1.54) is 0 Å². The molecule has 7 nitrogen and oxygen atoms in total. The molecule has 0 saturated heterocycles. The largest absolute Gasteiger partial charge is 0.480 e. The van der Waals surface area contributed by atoms with Gasteiger partial charge in [-0.25, -0.2) is 4.79 Å². The smallest absolute Gasteiger partial charge is 0.326 e. The first-order valence-corrected chi connectivity index (χ1v) is 6.20. The summed E-state index contributed by atoms with van der Waals surface area (Å²) in [6.45, 7) is 3.47. The van der Waals surface area contributed by atoms with E-state index in [4.69, 9.17) is 15.9 Å². The van der Waals surface area contributed by atoms with Gasteiger partial charge in [-0.15, -0.1) is 0 Å². The quantitative estimate of drug-likeness (QED) is 0.395. The maximum atomic E-state index is 11.5. The molecule has 2 atom stereocenters. The number of carboxylic acids is 2. The molecule has 2 unspecified atom stereocenters. The first-order valence-electron chi connectivity index (χ1n) is 5.76. The van der Waals surface area contributed by atoms with Crippen LogP contribution in [0, 0.1) is 0 Å². The fourth-order valence-corrected chi connectivity index (χ4v) is 1.56. The summed E-state index contributed by atoms with van der Waals surface area (Å²) in [5.74, 6) is -2.89. The van der Waals surface area contributed by atoms with Gasteiger partial charge in [0.15, 0.2) is 0 Å². The molecule has 0 radical (unpaired) electrons. The van der Waals surface area contributed by atoms with E-state index in [0.717, 1.165) is 0 Å². The molecule has 0 aliphatic rings. The summed E-state index contributed by atoms with van der Waals surface area (Å²) in [7, 11) is 0. The van der Waals surface area contributed by atoms with E-state index < -0.39 is 34.7 Å². The Morgan fingerprint density at radius 2 is 1.79 bits per heavy atom. The summed E-state index contributed by atoms with van der Waals surface area (Å²) in [6, 6.07) is -2.18. The zero-order chi connectivity index (χ0) is 15.2. The molecule has 0 bridgehead atoms. The van der Waals surface area contributed by atoms with Gasteiger partial charge >= 0.3 is 11.9 Å². The molecule has 0 aromatic rings. The van der Waals surface area contributed by atoms with Crippen LogP contribution in [0.5, 0.6) is 0 Å². The lowest BCUT2D eigenvalue weighted by atomic mass is 10.0. The maximum absolute atomic E-state index is 11.5. The molecule has 8 heteroatoms. The van der Waals surface area contributed by atoms with Crippen molar-refractivity contribution in [3.63, 3.8) is 0 Å². The molecule has 0 rings (SSSR count). The van der Waals surface area contributed by atoms with Crippen LogP contribution in [0.25, 0.3) is 0 Å². The van der Waals surface area contributed by atoms with Crippen LogP contribution in [0.15, 0.2) is 0 Å². The highest BCUT2D eigenvalue weighted by molar-refractivity contribution is 7.81. The number of carbonyl (C=O) groups excluding carboxylic acids is 1. The third-order valence-electron chi connectivity index (χ3n) is 2.34. The summed E-state index contributed by atoms with van der Waals surface area (Å²) in [4.78, 5) is 33.0. The van der Waals surface area contributed by atoms with Crippen LogP contribution >= 0.6 is 12.6 Å². The van der Waals surface area contributed by atoms with E-state index in [-0.39, 0.29) is 19.3 Å². The fraction of sp³-hybridized carbons (Fsp3) is 0.727. The van der Waals surface area contributed by atoms with Crippen molar-refractivity contribution in [2.45, 2.75) is 49.9 Å². The fourth-order valence-electron chi connectivity index (χ4n) is 1.38. The average molecular weight is 292 g/mol. The average Bonchev–Trinajstić information content (AvgIpc) is 2.22. The van der Waals surface area contributed by atoms with Gasteiger partial charge in [-0.2, -0.15) is 12.6 Å². The summed E-state index contributed by atoms with van der Waals surface area (Å²) in [5, 5.41) is 19.9. The second kappa shape index (κ2) is 7.34. The molecule has 0 heterocycles. The van der Waals surface area contributed by atoms with Crippen molar-refractivity contribution >= 4 is 30.5 Å². The highest BCUT2D eigenvalue weighted by Gasteiger charge is 2.26. The highest BCUT2D eigenvalue weighted by Crippen LogP contribution is 2.19. The van der Waals surface area contributed by atoms with E-state index in [9.17, 15) is 14.4 Å². The number of carboxylic acid groups (broad SMARTS) is 2. The molecule has 0 spiro atoms. The van der Waals surface area contributed by atoms with Crippen molar-refractivity contribution in [3.8, 4) is 0 Å². The Balaban J connectivity index is 4.33. The van der Waals surface area contributed by atoms with Crippen LogP contribution in [-0.2, 0) is 14.4 Å². The predicted octanol–water partition coefficient (Wildman–Crippen LogP) is -0.154. The zero-order valence-electron chi connectivity index (χ0n) is 10.9. The lowest BCUT2D eigenvalue weighted by molar-refractivity contribution is -0.142. The molecule has 19 heavy (non-hydrogen) atoms. The Hall–Kier alpha value is -1.28. The van der Waals surface area contributed by atoms with E-state index in [2.05, 4.69) is 17.9 Å². The Labute approximate surface area is 117 Å². The van der Waals surface area contributed by atoms with Crippen molar-refractivity contribution in [3.05, 3.63) is 0 Å². The van der Waals surface area contributed by atoms with Gasteiger partial charge in [-0.1, -0.05) is 13.8 Å². The normalized spacial score (nSPS) is 14.5. The van der Waals surface area contributed by atoms with Crippen LogP contribution in [-0.4, -0.2) is 44.9 Å². The minimum Gasteiger partial charge on any atom is -0.480 e. The molecule has 0 aliphatic heterocycles. The number of carbonyl (C=O) groups is 3. The van der Waals surface area contributed by atoms with E-state index in [1.807, 2.05) is 0 Å². The number of nitrogens with one attached hydrogen (secondary N) is 1. The van der Waals surface area contributed by atoms with Gasteiger partial charge in [-0.3, -0.25) is 9.59 Å². The minimum atomic E-state index is -1.20. The molecular weight excluding hydrogens is 272 g/mol. The SMILES string of the molecule is CC(C)(S)CC(NC(=O)CCC(N)C(=O)O)C(=O)O. The molecule has 0 aromatic carbocycles. The van der Waals surface area contributed by atoms with Gasteiger partial charge in [-0.05, 0) is 12.8 Å². The standard InChI is InChI=1S/C11H20N2O5S/c1-11(2,19)5-7(10(17)18)13-8(14)4-3-6(12)9(15)16/h6-7,19H,3-5,12H2,1-2H3,(H,13,14)(H,15,16)(H,17,18). The van der Waals surface area contributed by atoms with Crippen molar-refractivity contribution in [1.29, 1.82) is 0 Å². The van der Waals surface area contributed by atoms with Crippen LogP contribution < -0.4 is 11.1 Å². The van der Waals surface area contributed by atoms with Gasteiger partial charge in [0.2, 0.25) is 5.91 Å². The topological polar surface area (TPSA) is 130 Å². The van der Waals surface area contributed by atoms with E-state index in [1.54, 1.807) is 13.8 Å². The molecule has 0 aliphatic carbocycles. The number of hydrogen-bond donors (Lipinski definition) is 5.